The fourth-order valence-electron chi connectivity index (χ4n) is 1.85. The van der Waals surface area contributed by atoms with Crippen LogP contribution in [-0.2, 0) is 11.8 Å². The first-order chi connectivity index (χ1) is 7.50. The minimum Gasteiger partial charge on any atom is -0.379 e. The lowest BCUT2D eigenvalue weighted by atomic mass is 10.0. The van der Waals surface area contributed by atoms with Crippen LogP contribution in [0.4, 0.5) is 0 Å². The quantitative estimate of drug-likeness (QED) is 0.899. The van der Waals surface area contributed by atoms with Gasteiger partial charge in [-0.2, -0.15) is 0 Å². The number of aryl methyl sites for hydroxylation is 1. The molecule has 5 heteroatoms. The average Bonchev–Trinajstić information content (AvgIpc) is 2.73. The van der Waals surface area contributed by atoms with Crippen LogP contribution in [0.2, 0.25) is 0 Å². The van der Waals surface area contributed by atoms with E-state index in [9.17, 15) is 4.79 Å². The second-order valence-electron chi connectivity index (χ2n) is 4.47. The van der Waals surface area contributed by atoms with Gasteiger partial charge in [0, 0.05) is 24.3 Å². The molecule has 88 valence electrons. The molecule has 1 unspecified atom stereocenters. The van der Waals surface area contributed by atoms with E-state index in [1.807, 2.05) is 26.2 Å². The Balaban J connectivity index is 2.11. The van der Waals surface area contributed by atoms with Crippen LogP contribution in [-0.4, -0.2) is 29.2 Å². The minimum absolute atomic E-state index is 0.0544. The minimum atomic E-state index is -0.228. The third kappa shape index (κ3) is 2.30. The average molecular weight is 287 g/mol. The summed E-state index contributed by atoms with van der Waals surface area (Å²) in [6, 6.07) is 1.81. The molecule has 1 aromatic rings. The molecule has 1 fully saturated rings. The van der Waals surface area contributed by atoms with E-state index in [1.54, 1.807) is 4.57 Å². The number of hydrogen-bond acceptors (Lipinski definition) is 2. The van der Waals surface area contributed by atoms with Gasteiger partial charge in [-0.3, -0.25) is 4.79 Å². The summed E-state index contributed by atoms with van der Waals surface area (Å²) in [6.07, 6.45) is 2.73. The Labute approximate surface area is 103 Å². The predicted octanol–water partition coefficient (Wildman–Crippen LogP) is 1.70. The lowest BCUT2D eigenvalue weighted by Gasteiger charge is -2.23. The standard InChI is InChI=1S/C11H15BrN2O2/c1-11(3-4-16-7-11)13-10(15)9-5-8(12)6-14(9)2/h5-6H,3-4,7H2,1-2H3,(H,13,15). The predicted molar refractivity (Wildman–Crippen MR) is 64.4 cm³/mol. The van der Waals surface area contributed by atoms with Crippen molar-refractivity contribution in [2.75, 3.05) is 13.2 Å². The van der Waals surface area contributed by atoms with Crippen LogP contribution in [0, 0.1) is 0 Å². The van der Waals surface area contributed by atoms with Gasteiger partial charge in [0.1, 0.15) is 5.69 Å². The highest BCUT2D eigenvalue weighted by atomic mass is 79.9. The molecule has 0 aliphatic carbocycles. The second-order valence-corrected chi connectivity index (χ2v) is 5.39. The molecule has 2 rings (SSSR count). The second kappa shape index (κ2) is 4.22. The lowest BCUT2D eigenvalue weighted by molar-refractivity contribution is 0.0881. The van der Waals surface area contributed by atoms with Crippen LogP contribution in [0.25, 0.3) is 0 Å². The molecule has 1 atom stereocenters. The summed E-state index contributed by atoms with van der Waals surface area (Å²) in [5.74, 6) is -0.0544. The van der Waals surface area contributed by atoms with Crippen LogP contribution in [0.15, 0.2) is 16.7 Å². The maximum atomic E-state index is 12.0. The Morgan fingerprint density at radius 2 is 2.44 bits per heavy atom. The molecule has 1 N–H and O–H groups in total. The summed E-state index contributed by atoms with van der Waals surface area (Å²) in [5.41, 5.74) is 0.424. The fraction of sp³-hybridized carbons (Fsp3) is 0.545. The zero-order valence-electron chi connectivity index (χ0n) is 9.42. The van der Waals surface area contributed by atoms with Gasteiger partial charge in [-0.25, -0.2) is 0 Å². The summed E-state index contributed by atoms with van der Waals surface area (Å²) in [6.45, 7) is 3.31. The van der Waals surface area contributed by atoms with Gasteiger partial charge in [0.25, 0.3) is 5.91 Å². The summed E-state index contributed by atoms with van der Waals surface area (Å²) >= 11 is 3.35. The van der Waals surface area contributed by atoms with Crippen LogP contribution in [0.1, 0.15) is 23.8 Å². The normalized spacial score (nSPS) is 24.7. The molecule has 1 aliphatic heterocycles. The fourth-order valence-corrected chi connectivity index (χ4v) is 2.38. The highest BCUT2D eigenvalue weighted by molar-refractivity contribution is 9.10. The molecule has 16 heavy (non-hydrogen) atoms. The number of amides is 1. The van der Waals surface area contributed by atoms with E-state index in [-0.39, 0.29) is 11.4 Å². The summed E-state index contributed by atoms with van der Waals surface area (Å²) in [5, 5.41) is 3.02. The monoisotopic (exact) mass is 286 g/mol. The molecule has 1 amide bonds. The van der Waals surface area contributed by atoms with E-state index in [2.05, 4.69) is 21.2 Å². The van der Waals surface area contributed by atoms with Crippen molar-refractivity contribution in [1.82, 2.24) is 9.88 Å². The van der Waals surface area contributed by atoms with Crippen molar-refractivity contribution in [2.45, 2.75) is 18.9 Å². The van der Waals surface area contributed by atoms with E-state index in [0.29, 0.717) is 18.9 Å². The first-order valence-electron chi connectivity index (χ1n) is 5.22. The van der Waals surface area contributed by atoms with Crippen molar-refractivity contribution in [1.29, 1.82) is 0 Å². The number of rotatable bonds is 2. The van der Waals surface area contributed by atoms with Crippen molar-refractivity contribution in [3.63, 3.8) is 0 Å². The number of ether oxygens (including phenoxy) is 1. The van der Waals surface area contributed by atoms with Gasteiger partial charge in [0.05, 0.1) is 12.1 Å². The van der Waals surface area contributed by atoms with Gasteiger partial charge in [0.15, 0.2) is 0 Å². The van der Waals surface area contributed by atoms with E-state index in [0.717, 1.165) is 10.9 Å². The Kier molecular flexibility index (Phi) is 3.08. The third-order valence-electron chi connectivity index (χ3n) is 2.84. The van der Waals surface area contributed by atoms with E-state index < -0.39 is 0 Å². The lowest BCUT2D eigenvalue weighted by Crippen LogP contribution is -2.46. The molecule has 1 saturated heterocycles. The molecular weight excluding hydrogens is 272 g/mol. The Bertz CT molecular complexity index is 408. The number of hydrogen-bond donors (Lipinski definition) is 1. The topological polar surface area (TPSA) is 43.3 Å². The number of nitrogens with one attached hydrogen (secondary N) is 1. The van der Waals surface area contributed by atoms with Crippen molar-refractivity contribution in [2.24, 2.45) is 7.05 Å². The number of halogens is 1. The maximum absolute atomic E-state index is 12.0. The smallest absolute Gasteiger partial charge is 0.268 e. The summed E-state index contributed by atoms with van der Waals surface area (Å²) in [7, 11) is 1.85. The first kappa shape index (κ1) is 11.7. The Morgan fingerprint density at radius 1 is 1.69 bits per heavy atom. The molecule has 0 spiro atoms. The van der Waals surface area contributed by atoms with Crippen molar-refractivity contribution in [3.8, 4) is 0 Å². The Morgan fingerprint density at radius 3 is 2.94 bits per heavy atom. The Hall–Kier alpha value is -0.810. The maximum Gasteiger partial charge on any atom is 0.268 e. The van der Waals surface area contributed by atoms with Crippen molar-refractivity contribution in [3.05, 3.63) is 22.4 Å². The largest absolute Gasteiger partial charge is 0.379 e. The van der Waals surface area contributed by atoms with Gasteiger partial charge >= 0.3 is 0 Å². The van der Waals surface area contributed by atoms with Crippen molar-refractivity contribution >= 4 is 21.8 Å². The highest BCUT2D eigenvalue weighted by Gasteiger charge is 2.32. The number of nitrogens with zero attached hydrogens (tertiary/aromatic N) is 1. The molecule has 4 nitrogen and oxygen atoms in total. The van der Waals surface area contributed by atoms with Gasteiger partial charge in [-0.1, -0.05) is 0 Å². The van der Waals surface area contributed by atoms with Crippen LogP contribution in [0.5, 0.6) is 0 Å². The van der Waals surface area contributed by atoms with Gasteiger partial charge in [-0.05, 0) is 35.3 Å². The van der Waals surface area contributed by atoms with Crippen LogP contribution < -0.4 is 5.32 Å². The molecule has 2 heterocycles. The highest BCUT2D eigenvalue weighted by Crippen LogP contribution is 2.19. The molecule has 1 aliphatic rings. The van der Waals surface area contributed by atoms with Crippen LogP contribution in [0.3, 0.4) is 0 Å². The zero-order valence-corrected chi connectivity index (χ0v) is 11.0. The zero-order chi connectivity index (χ0) is 11.8. The van der Waals surface area contributed by atoms with Gasteiger partial charge in [-0.15, -0.1) is 0 Å². The molecule has 0 radical (unpaired) electrons. The molecule has 0 saturated carbocycles. The number of aromatic nitrogens is 1. The molecular formula is C11H15BrN2O2. The van der Waals surface area contributed by atoms with Gasteiger partial charge in [0.2, 0.25) is 0 Å². The molecule has 0 aromatic carbocycles. The van der Waals surface area contributed by atoms with Crippen molar-refractivity contribution < 1.29 is 9.53 Å². The summed E-state index contributed by atoms with van der Waals surface area (Å²) < 4.78 is 8.02. The molecule has 1 aromatic heterocycles. The van der Waals surface area contributed by atoms with E-state index in [1.165, 1.54) is 0 Å². The third-order valence-corrected chi connectivity index (χ3v) is 3.27. The first-order valence-corrected chi connectivity index (χ1v) is 6.02. The van der Waals surface area contributed by atoms with E-state index in [4.69, 9.17) is 4.74 Å². The molecule has 0 bridgehead atoms. The summed E-state index contributed by atoms with van der Waals surface area (Å²) in [4.78, 5) is 12.0. The van der Waals surface area contributed by atoms with Crippen LogP contribution >= 0.6 is 15.9 Å². The number of carbonyl (C=O) groups is 1. The van der Waals surface area contributed by atoms with E-state index >= 15 is 0 Å². The number of carbonyl (C=O) groups excluding carboxylic acids is 1. The SMILES string of the molecule is Cn1cc(Br)cc1C(=O)NC1(C)CCOC1. The van der Waals surface area contributed by atoms with Gasteiger partial charge < -0.3 is 14.6 Å².